The summed E-state index contributed by atoms with van der Waals surface area (Å²) < 4.78 is 0. The largest absolute Gasteiger partial charge is 0.481 e. The molecule has 0 aliphatic rings. The lowest BCUT2D eigenvalue weighted by atomic mass is 10.3. The molecular formula is C13H16Cl2N2O3. The van der Waals surface area contributed by atoms with Crippen LogP contribution in [0.5, 0.6) is 0 Å². The molecule has 0 saturated heterocycles. The molecule has 0 radical (unpaired) electrons. The number of benzene rings is 1. The molecule has 7 heteroatoms. The highest BCUT2D eigenvalue weighted by Gasteiger charge is 2.10. The number of carboxylic acids is 1. The van der Waals surface area contributed by atoms with Crippen molar-refractivity contribution in [1.82, 2.24) is 4.90 Å². The molecule has 0 saturated carbocycles. The van der Waals surface area contributed by atoms with E-state index < -0.39 is 5.97 Å². The predicted molar refractivity (Wildman–Crippen MR) is 79.5 cm³/mol. The smallest absolute Gasteiger partial charge is 0.303 e. The zero-order valence-corrected chi connectivity index (χ0v) is 12.5. The van der Waals surface area contributed by atoms with Crippen molar-refractivity contribution in [3.63, 3.8) is 0 Å². The number of hydrogen-bond donors (Lipinski definition) is 2. The molecule has 0 atom stereocenters. The second kappa shape index (κ2) is 8.09. The van der Waals surface area contributed by atoms with Crippen LogP contribution in [-0.2, 0) is 9.59 Å². The van der Waals surface area contributed by atoms with Crippen molar-refractivity contribution in [3.8, 4) is 0 Å². The molecule has 2 N–H and O–H groups in total. The normalized spacial score (nSPS) is 10.6. The highest BCUT2D eigenvalue weighted by molar-refractivity contribution is 6.43. The van der Waals surface area contributed by atoms with E-state index in [-0.39, 0.29) is 18.9 Å². The summed E-state index contributed by atoms with van der Waals surface area (Å²) in [7, 11) is 1.75. The highest BCUT2D eigenvalue weighted by atomic mass is 35.5. The summed E-state index contributed by atoms with van der Waals surface area (Å²) in [5, 5.41) is 11.9. The monoisotopic (exact) mass is 318 g/mol. The van der Waals surface area contributed by atoms with Crippen LogP contribution in [0.25, 0.3) is 0 Å². The van der Waals surface area contributed by atoms with E-state index in [0.717, 1.165) is 0 Å². The molecule has 0 fully saturated rings. The summed E-state index contributed by atoms with van der Waals surface area (Å²) in [6.45, 7) is 0.686. The van der Waals surface area contributed by atoms with Gasteiger partial charge in [-0.15, -0.1) is 0 Å². The number of halogens is 2. The number of amides is 1. The van der Waals surface area contributed by atoms with Crippen LogP contribution in [0.1, 0.15) is 12.8 Å². The van der Waals surface area contributed by atoms with Gasteiger partial charge in [-0.2, -0.15) is 0 Å². The maximum atomic E-state index is 11.8. The van der Waals surface area contributed by atoms with Crippen molar-refractivity contribution in [2.45, 2.75) is 12.8 Å². The number of nitrogens with one attached hydrogen (secondary N) is 1. The minimum Gasteiger partial charge on any atom is -0.481 e. The van der Waals surface area contributed by atoms with Gasteiger partial charge in [0.05, 0.1) is 22.3 Å². The summed E-state index contributed by atoms with van der Waals surface area (Å²) >= 11 is 11.8. The number of likely N-dealkylation sites (N-methyl/N-ethyl adjacent to an activating group) is 1. The molecule has 0 aliphatic heterocycles. The molecule has 0 heterocycles. The van der Waals surface area contributed by atoms with Crippen LogP contribution >= 0.6 is 23.2 Å². The van der Waals surface area contributed by atoms with Crippen LogP contribution in [0.15, 0.2) is 18.2 Å². The Morgan fingerprint density at radius 1 is 1.35 bits per heavy atom. The average Bonchev–Trinajstić information content (AvgIpc) is 2.34. The van der Waals surface area contributed by atoms with E-state index in [1.54, 1.807) is 30.1 Å². The summed E-state index contributed by atoms with van der Waals surface area (Å²) in [6, 6.07) is 4.99. The second-order valence-corrected chi connectivity index (χ2v) is 5.17. The Balaban J connectivity index is 2.43. The Hall–Kier alpha value is -1.30. The average molecular weight is 319 g/mol. The first-order valence-corrected chi connectivity index (χ1v) is 6.80. The van der Waals surface area contributed by atoms with E-state index in [1.807, 2.05) is 0 Å². The lowest BCUT2D eigenvalue weighted by Gasteiger charge is -2.16. The predicted octanol–water partition coefficient (Wildman–Crippen LogP) is 2.73. The van der Waals surface area contributed by atoms with Gasteiger partial charge in [-0.3, -0.25) is 14.5 Å². The molecule has 1 rings (SSSR count). The quantitative estimate of drug-likeness (QED) is 0.811. The number of aliphatic carboxylic acids is 1. The van der Waals surface area contributed by atoms with Gasteiger partial charge >= 0.3 is 5.97 Å². The molecule has 0 spiro atoms. The van der Waals surface area contributed by atoms with Crippen LogP contribution in [-0.4, -0.2) is 42.0 Å². The van der Waals surface area contributed by atoms with Gasteiger partial charge in [0.15, 0.2) is 0 Å². The molecule has 1 aromatic carbocycles. The SMILES string of the molecule is CN(CCCC(=O)O)CC(=O)Nc1cccc(Cl)c1Cl. The number of anilines is 1. The molecule has 110 valence electrons. The number of carboxylic acid groups (broad SMARTS) is 1. The molecule has 20 heavy (non-hydrogen) atoms. The van der Waals surface area contributed by atoms with Gasteiger partial charge in [-0.1, -0.05) is 29.3 Å². The van der Waals surface area contributed by atoms with Crippen molar-refractivity contribution < 1.29 is 14.7 Å². The van der Waals surface area contributed by atoms with E-state index in [4.69, 9.17) is 28.3 Å². The Bertz CT molecular complexity index is 495. The maximum Gasteiger partial charge on any atom is 0.303 e. The molecule has 5 nitrogen and oxygen atoms in total. The third-order valence-corrected chi connectivity index (χ3v) is 3.39. The highest BCUT2D eigenvalue weighted by Crippen LogP contribution is 2.29. The summed E-state index contributed by atoms with van der Waals surface area (Å²) in [6.07, 6.45) is 0.586. The number of carbonyl (C=O) groups is 2. The maximum absolute atomic E-state index is 11.8. The zero-order valence-electron chi connectivity index (χ0n) is 11.0. The van der Waals surface area contributed by atoms with Crippen LogP contribution in [0, 0.1) is 0 Å². The summed E-state index contributed by atoms with van der Waals surface area (Å²) in [5.41, 5.74) is 0.461. The standard InChI is InChI=1S/C13H16Cl2N2O3/c1-17(7-3-6-12(19)20)8-11(18)16-10-5-2-4-9(14)13(10)15/h2,4-5H,3,6-8H2,1H3,(H,16,18)(H,19,20). The van der Waals surface area contributed by atoms with Crippen LogP contribution in [0.2, 0.25) is 10.0 Å². The molecular weight excluding hydrogens is 303 g/mol. The molecule has 0 unspecified atom stereocenters. The fourth-order valence-electron chi connectivity index (χ4n) is 1.61. The lowest BCUT2D eigenvalue weighted by molar-refractivity contribution is -0.137. The topological polar surface area (TPSA) is 69.6 Å². The number of nitrogens with zero attached hydrogens (tertiary/aromatic N) is 1. The third-order valence-electron chi connectivity index (χ3n) is 2.57. The first-order valence-electron chi connectivity index (χ1n) is 6.04. The number of hydrogen-bond acceptors (Lipinski definition) is 3. The second-order valence-electron chi connectivity index (χ2n) is 4.38. The van der Waals surface area contributed by atoms with Gasteiger partial charge in [0.1, 0.15) is 0 Å². The molecule has 0 aliphatic carbocycles. The minimum absolute atomic E-state index is 0.0894. The van der Waals surface area contributed by atoms with E-state index in [0.29, 0.717) is 28.7 Å². The molecule has 1 amide bonds. The van der Waals surface area contributed by atoms with Crippen molar-refractivity contribution in [1.29, 1.82) is 0 Å². The van der Waals surface area contributed by atoms with E-state index in [9.17, 15) is 9.59 Å². The lowest BCUT2D eigenvalue weighted by Crippen LogP contribution is -2.31. The molecule has 1 aromatic rings. The first-order chi connectivity index (χ1) is 9.40. The Labute approximate surface area is 127 Å². The number of rotatable bonds is 7. The van der Waals surface area contributed by atoms with Gasteiger partial charge in [0, 0.05) is 6.42 Å². The summed E-state index contributed by atoms with van der Waals surface area (Å²) in [4.78, 5) is 23.9. The molecule has 0 aromatic heterocycles. The zero-order chi connectivity index (χ0) is 15.1. The molecule has 0 bridgehead atoms. The van der Waals surface area contributed by atoms with E-state index in [2.05, 4.69) is 5.32 Å². The Morgan fingerprint density at radius 3 is 2.70 bits per heavy atom. The fraction of sp³-hybridized carbons (Fsp3) is 0.385. The minimum atomic E-state index is -0.839. The van der Waals surface area contributed by atoms with E-state index >= 15 is 0 Å². The fourth-order valence-corrected chi connectivity index (χ4v) is 1.96. The summed E-state index contributed by atoms with van der Waals surface area (Å²) in [5.74, 6) is -1.07. The Morgan fingerprint density at radius 2 is 2.05 bits per heavy atom. The first kappa shape index (κ1) is 16.8. The van der Waals surface area contributed by atoms with Gasteiger partial charge in [-0.05, 0) is 32.1 Å². The van der Waals surface area contributed by atoms with E-state index in [1.165, 1.54) is 0 Å². The Kier molecular flexibility index (Phi) is 6.78. The van der Waals surface area contributed by atoms with Gasteiger partial charge < -0.3 is 10.4 Å². The van der Waals surface area contributed by atoms with Crippen LogP contribution in [0.3, 0.4) is 0 Å². The third kappa shape index (κ3) is 5.77. The number of carbonyl (C=O) groups excluding carboxylic acids is 1. The van der Waals surface area contributed by atoms with Crippen molar-refractivity contribution in [2.75, 3.05) is 25.5 Å². The van der Waals surface area contributed by atoms with Gasteiger partial charge in [0.25, 0.3) is 0 Å². The van der Waals surface area contributed by atoms with Crippen LogP contribution in [0.4, 0.5) is 5.69 Å². The van der Waals surface area contributed by atoms with Gasteiger partial charge in [-0.25, -0.2) is 0 Å². The van der Waals surface area contributed by atoms with Crippen molar-refractivity contribution in [2.24, 2.45) is 0 Å². The van der Waals surface area contributed by atoms with Crippen molar-refractivity contribution in [3.05, 3.63) is 28.2 Å². The van der Waals surface area contributed by atoms with Gasteiger partial charge in [0.2, 0.25) is 5.91 Å². The van der Waals surface area contributed by atoms with Crippen molar-refractivity contribution >= 4 is 40.8 Å². The van der Waals surface area contributed by atoms with Crippen LogP contribution < -0.4 is 5.32 Å².